The second-order valence-corrected chi connectivity index (χ2v) is 4.71. The number of allylic oxidation sites excluding steroid dienone is 1. The van der Waals surface area contributed by atoms with Gasteiger partial charge in [-0.25, -0.2) is 9.59 Å². The molecule has 0 saturated heterocycles. The third-order valence-electron chi connectivity index (χ3n) is 3.38. The van der Waals surface area contributed by atoms with E-state index in [1.54, 1.807) is 25.1 Å². The van der Waals surface area contributed by atoms with Gasteiger partial charge in [0.25, 0.3) is 0 Å². The Morgan fingerprint density at radius 3 is 2.18 bits per heavy atom. The molecule has 0 aromatic heterocycles. The fourth-order valence-electron chi connectivity index (χ4n) is 2.32. The summed E-state index contributed by atoms with van der Waals surface area (Å²) in [6.45, 7) is 1.65. The molecule has 1 aliphatic heterocycles. The number of urea groups is 1. The number of hydrogen-bond donors (Lipinski definition) is 2. The third kappa shape index (κ3) is 2.98. The van der Waals surface area contributed by atoms with Crippen molar-refractivity contribution in [1.29, 1.82) is 0 Å². The quantitative estimate of drug-likeness (QED) is 0.823. The SMILES string of the molecule is COC(=O)C1=C(C)NC(=O)N[C@@H]1c1cc(OC)cc(OC)c1. The molecule has 22 heavy (non-hydrogen) atoms. The lowest BCUT2D eigenvalue weighted by atomic mass is 9.95. The Morgan fingerprint density at radius 1 is 1.09 bits per heavy atom. The number of carbonyl (C=O) groups is 2. The molecule has 1 aromatic carbocycles. The van der Waals surface area contributed by atoms with Gasteiger partial charge in [-0.15, -0.1) is 0 Å². The van der Waals surface area contributed by atoms with Gasteiger partial charge >= 0.3 is 12.0 Å². The lowest BCUT2D eigenvalue weighted by Gasteiger charge is -2.28. The van der Waals surface area contributed by atoms with Gasteiger partial charge < -0.3 is 24.8 Å². The standard InChI is InChI=1S/C15H18N2O5/c1-8-12(14(18)22-4)13(17-15(19)16-8)9-5-10(20-2)7-11(6-9)21-3/h5-7,13H,1-4H3,(H2,16,17,19)/t13-/m1/s1. The largest absolute Gasteiger partial charge is 0.497 e. The van der Waals surface area contributed by atoms with Crippen molar-refractivity contribution in [3.8, 4) is 11.5 Å². The Labute approximate surface area is 128 Å². The summed E-state index contributed by atoms with van der Waals surface area (Å²) in [5.41, 5.74) is 1.44. The van der Waals surface area contributed by atoms with E-state index in [2.05, 4.69) is 10.6 Å². The number of nitrogens with one attached hydrogen (secondary N) is 2. The fourth-order valence-corrected chi connectivity index (χ4v) is 2.32. The zero-order chi connectivity index (χ0) is 16.3. The van der Waals surface area contributed by atoms with Gasteiger partial charge in [0.15, 0.2) is 0 Å². The first-order valence-corrected chi connectivity index (χ1v) is 6.59. The van der Waals surface area contributed by atoms with Crippen LogP contribution in [0.2, 0.25) is 0 Å². The molecule has 0 bridgehead atoms. The van der Waals surface area contributed by atoms with Crippen molar-refractivity contribution in [2.45, 2.75) is 13.0 Å². The molecule has 0 aliphatic carbocycles. The highest BCUT2D eigenvalue weighted by Gasteiger charge is 2.32. The predicted octanol–water partition coefficient (Wildman–Crippen LogP) is 1.50. The number of ether oxygens (including phenoxy) is 3. The second kappa shape index (κ2) is 6.38. The number of hydrogen-bond acceptors (Lipinski definition) is 5. The van der Waals surface area contributed by atoms with Gasteiger partial charge in [0.2, 0.25) is 0 Å². The molecule has 0 fully saturated rings. The molecule has 1 aromatic rings. The molecular weight excluding hydrogens is 288 g/mol. The van der Waals surface area contributed by atoms with Crippen molar-refractivity contribution < 1.29 is 23.8 Å². The maximum atomic E-state index is 12.0. The monoisotopic (exact) mass is 306 g/mol. The molecule has 1 atom stereocenters. The van der Waals surface area contributed by atoms with E-state index in [1.165, 1.54) is 21.3 Å². The van der Waals surface area contributed by atoms with Crippen LogP contribution in [0, 0.1) is 0 Å². The minimum absolute atomic E-state index is 0.331. The molecule has 1 heterocycles. The van der Waals surface area contributed by atoms with Crippen LogP contribution in [0.25, 0.3) is 0 Å². The molecule has 7 heteroatoms. The van der Waals surface area contributed by atoms with E-state index < -0.39 is 18.0 Å². The van der Waals surface area contributed by atoms with E-state index in [-0.39, 0.29) is 0 Å². The van der Waals surface area contributed by atoms with Gasteiger partial charge in [-0.1, -0.05) is 0 Å². The summed E-state index contributed by atoms with van der Waals surface area (Å²) in [5.74, 6) is 0.602. The lowest BCUT2D eigenvalue weighted by Crippen LogP contribution is -2.45. The number of amides is 2. The van der Waals surface area contributed by atoms with Crippen molar-refractivity contribution >= 4 is 12.0 Å². The Bertz CT molecular complexity index is 617. The van der Waals surface area contributed by atoms with Gasteiger partial charge in [0, 0.05) is 11.8 Å². The third-order valence-corrected chi connectivity index (χ3v) is 3.38. The molecular formula is C15H18N2O5. The molecule has 0 spiro atoms. The van der Waals surface area contributed by atoms with Gasteiger partial charge in [-0.2, -0.15) is 0 Å². The molecule has 1 aliphatic rings. The summed E-state index contributed by atoms with van der Waals surface area (Å²) in [6, 6.07) is 4.13. The number of methoxy groups -OCH3 is 3. The summed E-state index contributed by atoms with van der Waals surface area (Å²) in [4.78, 5) is 23.8. The first kappa shape index (κ1) is 15.7. The average Bonchev–Trinajstić information content (AvgIpc) is 2.52. The fraction of sp³-hybridized carbons (Fsp3) is 0.333. The summed E-state index contributed by atoms with van der Waals surface area (Å²) >= 11 is 0. The van der Waals surface area contributed by atoms with Crippen molar-refractivity contribution in [3.63, 3.8) is 0 Å². The highest BCUT2D eigenvalue weighted by atomic mass is 16.5. The molecule has 2 N–H and O–H groups in total. The van der Waals surface area contributed by atoms with Crippen LogP contribution >= 0.6 is 0 Å². The van der Waals surface area contributed by atoms with Crippen LogP contribution < -0.4 is 20.1 Å². The summed E-state index contributed by atoms with van der Waals surface area (Å²) < 4.78 is 15.3. The maximum Gasteiger partial charge on any atom is 0.337 e. The van der Waals surface area contributed by atoms with Gasteiger partial charge in [0.1, 0.15) is 11.5 Å². The van der Waals surface area contributed by atoms with E-state index in [0.29, 0.717) is 28.3 Å². The van der Waals surface area contributed by atoms with Gasteiger partial charge in [-0.3, -0.25) is 0 Å². The van der Waals surface area contributed by atoms with Crippen LogP contribution in [0.5, 0.6) is 11.5 Å². The highest BCUT2D eigenvalue weighted by Crippen LogP contribution is 2.32. The Kier molecular flexibility index (Phi) is 4.55. The van der Waals surface area contributed by atoms with E-state index in [0.717, 1.165) is 0 Å². The minimum Gasteiger partial charge on any atom is -0.497 e. The van der Waals surface area contributed by atoms with E-state index >= 15 is 0 Å². The van der Waals surface area contributed by atoms with E-state index in [1.807, 2.05) is 0 Å². The molecule has 118 valence electrons. The van der Waals surface area contributed by atoms with Crippen LogP contribution in [0.15, 0.2) is 29.5 Å². The van der Waals surface area contributed by atoms with Crippen molar-refractivity contribution in [1.82, 2.24) is 10.6 Å². The molecule has 7 nitrogen and oxygen atoms in total. The number of esters is 1. The number of rotatable bonds is 4. The lowest BCUT2D eigenvalue weighted by molar-refractivity contribution is -0.136. The normalized spacial score (nSPS) is 17.5. The average molecular weight is 306 g/mol. The molecule has 2 amide bonds. The molecule has 0 radical (unpaired) electrons. The van der Waals surface area contributed by atoms with Crippen molar-refractivity contribution in [2.24, 2.45) is 0 Å². The summed E-state index contributed by atoms with van der Waals surface area (Å²) in [6.07, 6.45) is 0. The second-order valence-electron chi connectivity index (χ2n) is 4.71. The molecule has 2 rings (SSSR count). The first-order valence-electron chi connectivity index (χ1n) is 6.59. The smallest absolute Gasteiger partial charge is 0.337 e. The van der Waals surface area contributed by atoms with E-state index in [4.69, 9.17) is 14.2 Å². The number of carbonyl (C=O) groups excluding carboxylic acids is 2. The number of benzene rings is 1. The molecule has 0 saturated carbocycles. The van der Waals surface area contributed by atoms with Crippen molar-refractivity contribution in [2.75, 3.05) is 21.3 Å². The van der Waals surface area contributed by atoms with Crippen LogP contribution in [-0.2, 0) is 9.53 Å². The Hall–Kier alpha value is -2.70. The zero-order valence-corrected chi connectivity index (χ0v) is 12.9. The van der Waals surface area contributed by atoms with Gasteiger partial charge in [-0.05, 0) is 24.6 Å². The zero-order valence-electron chi connectivity index (χ0n) is 12.9. The Balaban J connectivity index is 2.54. The predicted molar refractivity (Wildman–Crippen MR) is 78.7 cm³/mol. The molecule has 0 unspecified atom stereocenters. The van der Waals surface area contributed by atoms with Gasteiger partial charge in [0.05, 0.1) is 32.9 Å². The van der Waals surface area contributed by atoms with Crippen LogP contribution in [0.4, 0.5) is 4.79 Å². The van der Waals surface area contributed by atoms with Crippen LogP contribution in [0.3, 0.4) is 0 Å². The maximum absolute atomic E-state index is 12.0. The summed E-state index contributed by atoms with van der Waals surface area (Å²) in [5, 5.41) is 5.28. The highest BCUT2D eigenvalue weighted by molar-refractivity contribution is 5.95. The van der Waals surface area contributed by atoms with Crippen molar-refractivity contribution in [3.05, 3.63) is 35.0 Å². The van der Waals surface area contributed by atoms with E-state index in [9.17, 15) is 9.59 Å². The van der Waals surface area contributed by atoms with Crippen LogP contribution in [-0.4, -0.2) is 33.3 Å². The van der Waals surface area contributed by atoms with Crippen LogP contribution in [0.1, 0.15) is 18.5 Å². The Morgan fingerprint density at radius 2 is 1.68 bits per heavy atom. The minimum atomic E-state index is -0.648. The first-order chi connectivity index (χ1) is 10.5. The summed E-state index contributed by atoms with van der Waals surface area (Å²) in [7, 11) is 4.35. The topological polar surface area (TPSA) is 85.9 Å².